The number of rotatable bonds is 15. The van der Waals surface area contributed by atoms with Crippen molar-refractivity contribution in [2.24, 2.45) is 35.5 Å². The number of likely N-dealkylation sites (N-methyl/N-ethyl adjacent to an activating group) is 7. The van der Waals surface area contributed by atoms with Crippen molar-refractivity contribution in [2.75, 3.05) is 94.9 Å². The first-order valence-electron chi connectivity index (χ1n) is 38.4. The maximum atomic E-state index is 15.7. The number of halogens is 3. The first kappa shape index (κ1) is 84.7. The molecule has 2 bridgehead atoms. The highest BCUT2D eigenvalue weighted by Crippen LogP contribution is 2.46. The number of nitrogens with one attached hydrogen (secondary N) is 3. The molecule has 0 aromatic carbocycles. The van der Waals surface area contributed by atoms with E-state index in [0.29, 0.717) is 49.7 Å². The minimum Gasteiger partial charge on any atom is -0.377 e. The summed E-state index contributed by atoms with van der Waals surface area (Å²) in [6.45, 7) is 9.86. The molecule has 7 rings (SSSR count). The molecule has 12 amide bonds. The molecule has 3 saturated heterocycles. The van der Waals surface area contributed by atoms with Gasteiger partial charge in [0.05, 0.1) is 31.5 Å². The van der Waals surface area contributed by atoms with Crippen LogP contribution in [0.5, 0.6) is 0 Å². The molecule has 586 valence electrons. The molecule has 6 fully saturated rings. The zero-order valence-corrected chi connectivity index (χ0v) is 65.1. The third-order valence-electron chi connectivity index (χ3n) is 24.0. The van der Waals surface area contributed by atoms with E-state index >= 15 is 28.8 Å². The summed E-state index contributed by atoms with van der Waals surface area (Å²) < 4.78 is 48.6. The van der Waals surface area contributed by atoms with Gasteiger partial charge in [0.1, 0.15) is 53.9 Å². The molecular weight excluding hydrogens is 1370 g/mol. The molecule has 3 unspecified atom stereocenters. The monoisotopic (exact) mass is 1490 g/mol. The van der Waals surface area contributed by atoms with E-state index in [1.807, 2.05) is 39.5 Å². The van der Waals surface area contributed by atoms with E-state index in [2.05, 4.69) is 16.0 Å². The van der Waals surface area contributed by atoms with E-state index in [9.17, 15) is 41.9 Å². The van der Waals surface area contributed by atoms with E-state index < -0.39 is 180 Å². The number of amides is 12. The van der Waals surface area contributed by atoms with Crippen molar-refractivity contribution in [3.8, 4) is 0 Å². The second-order valence-corrected chi connectivity index (χ2v) is 32.4. The van der Waals surface area contributed by atoms with Crippen molar-refractivity contribution < 1.29 is 75.4 Å². The van der Waals surface area contributed by atoms with Gasteiger partial charge in [0, 0.05) is 87.7 Å². The molecule has 1 spiro atoms. The molecular formula is C75H121F3N12O13S. The summed E-state index contributed by atoms with van der Waals surface area (Å²) in [5.41, 5.74) is -1.55. The number of thioether (sulfide) groups is 1. The van der Waals surface area contributed by atoms with Crippen molar-refractivity contribution in [1.29, 1.82) is 0 Å². The van der Waals surface area contributed by atoms with Crippen LogP contribution in [0.25, 0.3) is 0 Å². The summed E-state index contributed by atoms with van der Waals surface area (Å²) in [6.07, 6.45) is 5.21. The van der Waals surface area contributed by atoms with Crippen LogP contribution in [-0.4, -0.2) is 281 Å². The number of carbonyl (C=O) groups excluding carboxylic acids is 12. The third-order valence-corrected chi connectivity index (χ3v) is 25.5. The SMILES string of the molecule is CCC[C@H]1C(=O)N[C@@H]([C@@H](C)CC)C(=O)N(C)CC(=O)N(C)[C@H]2C/C=C\CCN(C2=O)[C@@H](CC2CCC(C(F)(F)F)CC2)C(=O)N(C)CC(=O)N[C@@H](CCC2CCC3SCCC3C2)C(=O)N2C[C@H](OCC)C[C@H]2C(=O)NC2(CCC2)C(=O)N(C)[C@@H](C(CC)CC)C(=O)N(C)[C@H](C(=O)N(C)C)CC(=O)N1C. The number of carbonyl (C=O) groups is 12. The van der Waals surface area contributed by atoms with Crippen molar-refractivity contribution in [2.45, 2.75) is 261 Å². The molecule has 3 aliphatic carbocycles. The van der Waals surface area contributed by atoms with E-state index in [-0.39, 0.29) is 103 Å². The minimum atomic E-state index is -4.43. The topological polar surface area (TPSA) is 279 Å². The number of hydrogen-bond donors (Lipinski definition) is 3. The molecule has 3 N–H and O–H groups in total. The molecule has 3 saturated carbocycles. The van der Waals surface area contributed by atoms with Crippen LogP contribution in [0.3, 0.4) is 0 Å². The maximum absolute atomic E-state index is 15.7. The molecule has 13 atom stereocenters. The lowest BCUT2D eigenvalue weighted by Gasteiger charge is -2.47. The van der Waals surface area contributed by atoms with E-state index in [1.54, 1.807) is 26.0 Å². The zero-order valence-electron chi connectivity index (χ0n) is 64.3. The second-order valence-electron chi connectivity index (χ2n) is 31.0. The maximum Gasteiger partial charge on any atom is 0.391 e. The number of alkyl halides is 3. The Labute approximate surface area is 618 Å². The lowest BCUT2D eigenvalue weighted by Crippen LogP contribution is -2.68. The first-order valence-corrected chi connectivity index (χ1v) is 39.5. The molecule has 4 aliphatic heterocycles. The van der Waals surface area contributed by atoms with Gasteiger partial charge in [0.2, 0.25) is 70.9 Å². The Morgan fingerprint density at radius 3 is 1.94 bits per heavy atom. The van der Waals surface area contributed by atoms with Crippen LogP contribution in [0.4, 0.5) is 13.2 Å². The summed E-state index contributed by atoms with van der Waals surface area (Å²) in [7, 11) is 11.4. The predicted octanol–water partition coefficient (Wildman–Crippen LogP) is 6.01. The standard InChI is InChI=1S/C75H121F3N12O13S/c1-15-24-54-65(94)80-63(46(6)16-2)71(100)84(10)45-62(93)86(12)55-25-21-20-22-37-89(70(55)99)58(40-48-26-30-51(31-27-48)75(76,77)78)69(98)83(9)44-60(91)79-53(32-28-47-29-33-59-50(39-47)34-38-104-59)67(96)90-43-52(103-19-5)41-56(90)66(95)81-74(35-23-36-74)73(102)88(14)64(49(17-3)18-4)72(101)87(13)57(68(97)82(7)8)42-61(92)85(54)11/h20-21,46-59,63-64H,15-19,22-45H2,1-14H3,(H,79,91)(H,80,94)(H,81,95)/b21-20-/t46-,47?,48?,50?,51?,52+,53-,54-,55-,56-,57-,58-,59?,63-,64-/m0/s1. The molecule has 104 heavy (non-hydrogen) atoms. The first-order chi connectivity index (χ1) is 49.2. The Morgan fingerprint density at radius 1 is 0.673 bits per heavy atom. The molecule has 0 aromatic rings. The molecule has 29 heteroatoms. The molecule has 0 aromatic heterocycles. The molecule has 7 aliphatic rings. The minimum absolute atomic E-state index is 0.0191. The molecule has 4 heterocycles. The summed E-state index contributed by atoms with van der Waals surface area (Å²) in [5.74, 6) is -9.07. The Hall–Kier alpha value is -6.52. The van der Waals surface area contributed by atoms with Crippen molar-refractivity contribution in [1.82, 2.24) is 60.0 Å². The summed E-state index contributed by atoms with van der Waals surface area (Å²) in [5, 5.41) is 9.49. The van der Waals surface area contributed by atoms with Gasteiger partial charge in [-0.05, 0) is 151 Å². The van der Waals surface area contributed by atoms with Gasteiger partial charge in [-0.25, -0.2) is 0 Å². The largest absolute Gasteiger partial charge is 0.391 e. The van der Waals surface area contributed by atoms with E-state index in [0.717, 1.165) is 41.2 Å². The quantitative estimate of drug-likeness (QED) is 0.159. The van der Waals surface area contributed by atoms with Crippen LogP contribution < -0.4 is 16.0 Å². The highest BCUT2D eigenvalue weighted by atomic mass is 32.2. The van der Waals surface area contributed by atoms with Gasteiger partial charge in [-0.3, -0.25) is 57.5 Å². The number of ether oxygens (including phenoxy) is 1. The van der Waals surface area contributed by atoms with Gasteiger partial charge in [0.15, 0.2) is 0 Å². The van der Waals surface area contributed by atoms with E-state index in [1.165, 1.54) is 90.7 Å². The van der Waals surface area contributed by atoms with Crippen LogP contribution in [0.15, 0.2) is 12.2 Å². The van der Waals surface area contributed by atoms with Crippen molar-refractivity contribution in [3.63, 3.8) is 0 Å². The highest BCUT2D eigenvalue weighted by Gasteiger charge is 2.54. The Kier molecular flexibility index (Phi) is 30.8. The summed E-state index contributed by atoms with van der Waals surface area (Å²) in [4.78, 5) is 192. The molecule has 25 nitrogen and oxygen atoms in total. The highest BCUT2D eigenvalue weighted by molar-refractivity contribution is 8.00. The smallest absolute Gasteiger partial charge is 0.377 e. The van der Waals surface area contributed by atoms with Crippen molar-refractivity contribution >= 4 is 82.6 Å². The lowest BCUT2D eigenvalue weighted by molar-refractivity contribution is -0.184. The summed E-state index contributed by atoms with van der Waals surface area (Å²) in [6, 6.07) is -10.1. The summed E-state index contributed by atoms with van der Waals surface area (Å²) >= 11 is 1.99. The van der Waals surface area contributed by atoms with E-state index in [4.69, 9.17) is 4.74 Å². The van der Waals surface area contributed by atoms with Crippen LogP contribution in [-0.2, 0) is 62.3 Å². The Bertz CT molecular complexity index is 3070. The van der Waals surface area contributed by atoms with Gasteiger partial charge in [-0.2, -0.15) is 24.9 Å². The fourth-order valence-electron chi connectivity index (χ4n) is 16.9. The number of hydrogen-bond acceptors (Lipinski definition) is 14. The number of nitrogens with zero attached hydrogens (tertiary/aromatic N) is 9. The average molecular weight is 1490 g/mol. The van der Waals surface area contributed by atoms with Gasteiger partial charge in [-0.1, -0.05) is 72.5 Å². The molecule has 0 radical (unpaired) electrons. The predicted molar refractivity (Wildman–Crippen MR) is 388 cm³/mol. The van der Waals surface area contributed by atoms with Gasteiger partial charge in [-0.15, -0.1) is 0 Å². The van der Waals surface area contributed by atoms with Crippen LogP contribution >= 0.6 is 11.8 Å². The average Bonchev–Trinajstić information content (AvgIpc) is 1.01. The lowest BCUT2D eigenvalue weighted by atomic mass is 9.74. The fraction of sp³-hybridized carbons (Fsp3) is 0.813. The third kappa shape index (κ3) is 20.4. The van der Waals surface area contributed by atoms with Crippen LogP contribution in [0.2, 0.25) is 0 Å². The fourth-order valence-corrected chi connectivity index (χ4v) is 18.5. The van der Waals surface area contributed by atoms with Crippen molar-refractivity contribution in [3.05, 3.63) is 12.2 Å². The Morgan fingerprint density at radius 2 is 1.34 bits per heavy atom. The van der Waals surface area contributed by atoms with Crippen LogP contribution in [0.1, 0.15) is 189 Å². The van der Waals surface area contributed by atoms with Gasteiger partial charge < -0.3 is 64.8 Å². The normalized spacial score (nSPS) is 31.4. The van der Waals surface area contributed by atoms with Crippen LogP contribution in [0, 0.1) is 35.5 Å². The van der Waals surface area contributed by atoms with Gasteiger partial charge >= 0.3 is 6.18 Å². The Balaban J connectivity index is 1.31. The zero-order chi connectivity index (χ0) is 76.8. The number of fused-ring (bicyclic) bond motifs is 4. The second kappa shape index (κ2) is 37.8. The van der Waals surface area contributed by atoms with Gasteiger partial charge in [0.25, 0.3) is 0 Å².